The van der Waals surface area contributed by atoms with E-state index in [0.29, 0.717) is 5.82 Å². The first kappa shape index (κ1) is 15.5. The van der Waals surface area contributed by atoms with Crippen LogP contribution in [0.3, 0.4) is 0 Å². The molecule has 0 bridgehead atoms. The van der Waals surface area contributed by atoms with Crippen LogP contribution in [0.4, 0.5) is 5.82 Å². The van der Waals surface area contributed by atoms with Crippen LogP contribution in [0.15, 0.2) is 49.4 Å². The van der Waals surface area contributed by atoms with Crippen molar-refractivity contribution in [1.29, 1.82) is 0 Å². The van der Waals surface area contributed by atoms with Crippen molar-refractivity contribution < 1.29 is 4.79 Å². The van der Waals surface area contributed by atoms with Crippen LogP contribution >= 0.6 is 0 Å². The van der Waals surface area contributed by atoms with Crippen molar-refractivity contribution in [2.75, 3.05) is 5.32 Å². The fourth-order valence-corrected chi connectivity index (χ4v) is 2.99. The third-order valence-electron chi connectivity index (χ3n) is 4.71. The molecule has 0 radical (unpaired) electrons. The molecule has 0 atom stereocenters. The van der Waals surface area contributed by atoms with E-state index in [0.717, 1.165) is 45.9 Å². The number of carbonyl (C=O) groups is 1. The molecule has 124 valence electrons. The molecule has 0 aliphatic heterocycles. The Hall–Kier alpha value is -3.01. The molecule has 1 amide bonds. The number of nitrogens with zero attached hydrogens (tertiary/aromatic N) is 2. The highest BCUT2D eigenvalue weighted by Gasteiger charge is 2.29. The number of carbonyl (C=O) groups excluding carboxylic acids is 1. The Balaban J connectivity index is 1.69. The molecule has 2 aromatic heterocycles. The van der Waals surface area contributed by atoms with E-state index in [4.69, 9.17) is 0 Å². The van der Waals surface area contributed by atoms with Gasteiger partial charge in [-0.2, -0.15) is 0 Å². The summed E-state index contributed by atoms with van der Waals surface area (Å²) in [7, 11) is 0. The van der Waals surface area contributed by atoms with Gasteiger partial charge in [0.2, 0.25) is 5.91 Å². The Labute approximate surface area is 146 Å². The van der Waals surface area contributed by atoms with Crippen molar-refractivity contribution in [3.8, 4) is 11.1 Å². The van der Waals surface area contributed by atoms with E-state index in [1.807, 2.05) is 30.7 Å². The van der Waals surface area contributed by atoms with E-state index in [1.165, 1.54) is 0 Å². The Morgan fingerprint density at radius 1 is 1.20 bits per heavy atom. The van der Waals surface area contributed by atoms with Gasteiger partial charge in [-0.1, -0.05) is 24.8 Å². The highest BCUT2D eigenvalue weighted by atomic mass is 16.2. The Bertz CT molecular complexity index is 990. The number of anilines is 1. The molecule has 0 saturated heterocycles. The molecule has 25 heavy (non-hydrogen) atoms. The second kappa shape index (κ2) is 6.13. The minimum absolute atomic E-state index is 0.0754. The Kier molecular flexibility index (Phi) is 3.80. The third-order valence-corrected chi connectivity index (χ3v) is 4.71. The van der Waals surface area contributed by atoms with Gasteiger partial charge in [0.15, 0.2) is 0 Å². The molecule has 1 aromatic carbocycles. The molecule has 4 heteroatoms. The van der Waals surface area contributed by atoms with Crippen LogP contribution in [0.2, 0.25) is 0 Å². The van der Waals surface area contributed by atoms with E-state index in [2.05, 4.69) is 47.0 Å². The third kappa shape index (κ3) is 3.03. The number of amides is 1. The summed E-state index contributed by atoms with van der Waals surface area (Å²) in [5.41, 5.74) is 4.38. The molecule has 4 rings (SSSR count). The average molecular weight is 329 g/mol. The Morgan fingerprint density at radius 3 is 2.80 bits per heavy atom. The number of aromatic nitrogens is 2. The number of pyridine rings is 2. The second-order valence-electron chi connectivity index (χ2n) is 6.50. The predicted molar refractivity (Wildman–Crippen MR) is 101 cm³/mol. The van der Waals surface area contributed by atoms with E-state index in [9.17, 15) is 4.79 Å². The van der Waals surface area contributed by atoms with Gasteiger partial charge in [-0.3, -0.25) is 9.78 Å². The first-order valence-corrected chi connectivity index (χ1v) is 8.44. The van der Waals surface area contributed by atoms with Gasteiger partial charge in [-0.25, -0.2) is 4.98 Å². The summed E-state index contributed by atoms with van der Waals surface area (Å²) in [6, 6.07) is 8.15. The standard InChI is InChI=1S/C21H19N3O/c1-3-14-10-22-12-19(13(14)2)17-7-6-16-9-20(23-11-18(16)8-17)24-21(25)15-4-5-15/h3,6-12,15H,1,4-5H2,2H3,(H,23,24,25). The minimum atomic E-state index is 0.0754. The first-order valence-electron chi connectivity index (χ1n) is 8.44. The van der Waals surface area contributed by atoms with E-state index in [1.54, 1.807) is 0 Å². The largest absolute Gasteiger partial charge is 0.310 e. The van der Waals surface area contributed by atoms with Crippen molar-refractivity contribution in [1.82, 2.24) is 9.97 Å². The highest BCUT2D eigenvalue weighted by Crippen LogP contribution is 2.31. The maximum absolute atomic E-state index is 11.9. The lowest BCUT2D eigenvalue weighted by atomic mass is 9.97. The lowest BCUT2D eigenvalue weighted by Crippen LogP contribution is -2.14. The molecule has 1 aliphatic rings. The van der Waals surface area contributed by atoms with Crippen LogP contribution in [0.25, 0.3) is 28.0 Å². The van der Waals surface area contributed by atoms with Crippen molar-refractivity contribution >= 4 is 28.6 Å². The summed E-state index contributed by atoms with van der Waals surface area (Å²) in [6.45, 7) is 5.92. The van der Waals surface area contributed by atoms with E-state index in [-0.39, 0.29) is 11.8 Å². The number of benzene rings is 1. The normalized spacial score (nSPS) is 13.6. The molecule has 4 nitrogen and oxygen atoms in total. The number of nitrogens with one attached hydrogen (secondary N) is 1. The fraction of sp³-hybridized carbons (Fsp3) is 0.190. The van der Waals surface area contributed by atoms with Gasteiger partial charge in [0.1, 0.15) is 5.82 Å². The summed E-state index contributed by atoms with van der Waals surface area (Å²) >= 11 is 0. The number of fused-ring (bicyclic) bond motifs is 1. The fourth-order valence-electron chi connectivity index (χ4n) is 2.99. The smallest absolute Gasteiger partial charge is 0.228 e. The summed E-state index contributed by atoms with van der Waals surface area (Å²) in [5.74, 6) is 0.863. The monoisotopic (exact) mass is 329 g/mol. The summed E-state index contributed by atoms with van der Waals surface area (Å²) < 4.78 is 0. The van der Waals surface area contributed by atoms with Crippen molar-refractivity contribution in [2.45, 2.75) is 19.8 Å². The number of hydrogen-bond acceptors (Lipinski definition) is 3. The summed E-state index contributed by atoms with van der Waals surface area (Å²) in [6.07, 6.45) is 9.30. The molecule has 1 fully saturated rings. The van der Waals surface area contributed by atoms with Gasteiger partial charge in [0.25, 0.3) is 0 Å². The molecular weight excluding hydrogens is 310 g/mol. The highest BCUT2D eigenvalue weighted by molar-refractivity contribution is 5.96. The predicted octanol–water partition coefficient (Wildman–Crippen LogP) is 4.60. The van der Waals surface area contributed by atoms with Crippen LogP contribution in [-0.4, -0.2) is 15.9 Å². The van der Waals surface area contributed by atoms with Crippen molar-refractivity contribution in [2.24, 2.45) is 5.92 Å². The average Bonchev–Trinajstić information content (AvgIpc) is 3.47. The second-order valence-corrected chi connectivity index (χ2v) is 6.50. The Morgan fingerprint density at radius 2 is 2.04 bits per heavy atom. The van der Waals surface area contributed by atoms with Crippen molar-refractivity contribution in [3.05, 3.63) is 60.6 Å². The first-order chi connectivity index (χ1) is 12.2. The zero-order valence-corrected chi connectivity index (χ0v) is 14.1. The molecule has 1 N–H and O–H groups in total. The SMILES string of the molecule is C=Cc1cncc(-c2ccc3cc(NC(=O)C4CC4)ncc3c2)c1C. The number of hydrogen-bond donors (Lipinski definition) is 1. The van der Waals surface area contributed by atoms with Gasteiger partial charge >= 0.3 is 0 Å². The zero-order chi connectivity index (χ0) is 17.4. The quantitative estimate of drug-likeness (QED) is 0.761. The number of rotatable bonds is 4. The molecule has 0 spiro atoms. The molecule has 2 heterocycles. The molecule has 1 saturated carbocycles. The van der Waals surface area contributed by atoms with Crippen LogP contribution < -0.4 is 5.32 Å². The minimum Gasteiger partial charge on any atom is -0.310 e. The van der Waals surface area contributed by atoms with Crippen LogP contribution in [0.5, 0.6) is 0 Å². The molecule has 3 aromatic rings. The summed E-state index contributed by atoms with van der Waals surface area (Å²) in [5, 5.41) is 4.98. The van der Waals surface area contributed by atoms with Crippen LogP contribution in [0, 0.1) is 12.8 Å². The topological polar surface area (TPSA) is 54.9 Å². The van der Waals surface area contributed by atoms with Crippen molar-refractivity contribution in [3.63, 3.8) is 0 Å². The molecule has 0 unspecified atom stereocenters. The van der Waals surface area contributed by atoms with Gasteiger partial charge in [-0.15, -0.1) is 0 Å². The summed E-state index contributed by atoms with van der Waals surface area (Å²) in [4.78, 5) is 20.6. The lowest BCUT2D eigenvalue weighted by Gasteiger charge is -2.10. The lowest BCUT2D eigenvalue weighted by molar-refractivity contribution is -0.117. The van der Waals surface area contributed by atoms with E-state index < -0.39 is 0 Å². The van der Waals surface area contributed by atoms with Crippen LogP contribution in [-0.2, 0) is 4.79 Å². The van der Waals surface area contributed by atoms with Gasteiger partial charge in [0.05, 0.1) is 0 Å². The zero-order valence-electron chi connectivity index (χ0n) is 14.1. The molecular formula is C21H19N3O. The molecule has 1 aliphatic carbocycles. The maximum Gasteiger partial charge on any atom is 0.228 e. The maximum atomic E-state index is 11.9. The van der Waals surface area contributed by atoms with Crippen LogP contribution in [0.1, 0.15) is 24.0 Å². The van der Waals surface area contributed by atoms with Gasteiger partial charge < -0.3 is 5.32 Å². The van der Waals surface area contributed by atoms with Gasteiger partial charge in [-0.05, 0) is 54.0 Å². The van der Waals surface area contributed by atoms with E-state index >= 15 is 0 Å². The van der Waals surface area contributed by atoms with Gasteiger partial charge in [0, 0.05) is 35.5 Å².